The second-order valence-corrected chi connectivity index (χ2v) is 8.50. The van der Waals surface area contributed by atoms with E-state index in [-0.39, 0.29) is 18.4 Å². The predicted molar refractivity (Wildman–Crippen MR) is 122 cm³/mol. The highest BCUT2D eigenvalue weighted by Crippen LogP contribution is 2.25. The molecule has 1 atom stereocenters. The first kappa shape index (κ1) is 23.6. The molecule has 0 bridgehead atoms. The number of amides is 2. The molecule has 2 amide bonds. The average molecular weight is 453 g/mol. The second-order valence-electron chi connectivity index (χ2n) is 6.49. The normalized spacial score (nSPS) is 11.7. The molecule has 156 valence electrons. The fraction of sp³-hybridized carbons (Fsp3) is 0.364. The van der Waals surface area contributed by atoms with E-state index in [1.807, 2.05) is 44.2 Å². The lowest BCUT2D eigenvalue weighted by Crippen LogP contribution is -2.49. The van der Waals surface area contributed by atoms with Crippen molar-refractivity contribution in [2.24, 2.45) is 0 Å². The standard InChI is InChI=1S/C22H26Cl2N2O2S/c1-3-20(22(28)25-4-2)26(15-16-10-11-17(23)14-19(16)24)21(27)12-13-29-18-8-6-5-7-9-18/h5-11,14,20H,3-4,12-13,15H2,1-2H3,(H,25,28). The fourth-order valence-corrected chi connectivity index (χ4v) is 4.29. The minimum absolute atomic E-state index is 0.0717. The Balaban J connectivity index is 2.15. The van der Waals surface area contributed by atoms with Crippen LogP contribution in [0.1, 0.15) is 32.3 Å². The minimum atomic E-state index is -0.545. The summed E-state index contributed by atoms with van der Waals surface area (Å²) in [6.45, 7) is 4.55. The molecule has 0 aliphatic heterocycles. The lowest BCUT2D eigenvalue weighted by atomic mass is 10.1. The Morgan fingerprint density at radius 3 is 2.45 bits per heavy atom. The number of hydrogen-bond donors (Lipinski definition) is 1. The van der Waals surface area contributed by atoms with Crippen molar-refractivity contribution in [3.05, 3.63) is 64.1 Å². The van der Waals surface area contributed by atoms with Gasteiger partial charge in [0, 0.05) is 40.2 Å². The van der Waals surface area contributed by atoms with Gasteiger partial charge in [0.15, 0.2) is 0 Å². The lowest BCUT2D eigenvalue weighted by Gasteiger charge is -2.31. The number of nitrogens with one attached hydrogen (secondary N) is 1. The summed E-state index contributed by atoms with van der Waals surface area (Å²) in [5.74, 6) is 0.418. The Morgan fingerprint density at radius 2 is 1.83 bits per heavy atom. The maximum atomic E-state index is 13.1. The third kappa shape index (κ3) is 7.25. The Hall–Kier alpha value is -1.69. The average Bonchev–Trinajstić information content (AvgIpc) is 2.70. The summed E-state index contributed by atoms with van der Waals surface area (Å²) in [7, 11) is 0. The lowest BCUT2D eigenvalue weighted by molar-refractivity contribution is -0.141. The number of halogens is 2. The first-order valence-corrected chi connectivity index (χ1v) is 11.4. The van der Waals surface area contributed by atoms with Crippen molar-refractivity contribution in [2.45, 2.75) is 44.2 Å². The van der Waals surface area contributed by atoms with Gasteiger partial charge in [-0.1, -0.05) is 54.4 Å². The first-order valence-electron chi connectivity index (χ1n) is 9.65. The molecule has 1 unspecified atom stereocenters. The summed E-state index contributed by atoms with van der Waals surface area (Å²) in [5.41, 5.74) is 0.767. The van der Waals surface area contributed by atoms with Crippen LogP contribution in [0.4, 0.5) is 0 Å². The van der Waals surface area contributed by atoms with Crippen molar-refractivity contribution in [3.63, 3.8) is 0 Å². The van der Waals surface area contributed by atoms with Gasteiger partial charge >= 0.3 is 0 Å². The molecule has 4 nitrogen and oxygen atoms in total. The van der Waals surface area contributed by atoms with E-state index in [2.05, 4.69) is 5.32 Å². The van der Waals surface area contributed by atoms with E-state index in [9.17, 15) is 9.59 Å². The number of carbonyl (C=O) groups excluding carboxylic acids is 2. The third-order valence-electron chi connectivity index (χ3n) is 4.42. The molecular formula is C22H26Cl2N2O2S. The van der Waals surface area contributed by atoms with Gasteiger partial charge in [-0.3, -0.25) is 9.59 Å². The number of hydrogen-bond acceptors (Lipinski definition) is 3. The van der Waals surface area contributed by atoms with E-state index in [0.29, 0.717) is 35.2 Å². The van der Waals surface area contributed by atoms with Gasteiger partial charge in [-0.15, -0.1) is 11.8 Å². The Bertz CT molecular complexity index is 818. The highest BCUT2D eigenvalue weighted by Gasteiger charge is 2.28. The van der Waals surface area contributed by atoms with Crippen LogP contribution in [0.3, 0.4) is 0 Å². The summed E-state index contributed by atoms with van der Waals surface area (Å²) < 4.78 is 0. The molecule has 7 heteroatoms. The summed E-state index contributed by atoms with van der Waals surface area (Å²) in [5, 5.41) is 3.85. The van der Waals surface area contributed by atoms with E-state index in [4.69, 9.17) is 23.2 Å². The number of nitrogens with zero attached hydrogens (tertiary/aromatic N) is 1. The molecule has 2 aromatic carbocycles. The smallest absolute Gasteiger partial charge is 0.242 e. The van der Waals surface area contributed by atoms with Gasteiger partial charge in [-0.25, -0.2) is 0 Å². The molecule has 0 aliphatic rings. The summed E-state index contributed by atoms with van der Waals surface area (Å²) in [6.07, 6.45) is 0.856. The van der Waals surface area contributed by atoms with Crippen molar-refractivity contribution in [2.75, 3.05) is 12.3 Å². The van der Waals surface area contributed by atoms with Crippen LogP contribution >= 0.6 is 35.0 Å². The topological polar surface area (TPSA) is 49.4 Å². The predicted octanol–water partition coefficient (Wildman–Crippen LogP) is 5.42. The van der Waals surface area contributed by atoms with Gasteiger partial charge in [-0.2, -0.15) is 0 Å². The summed E-state index contributed by atoms with van der Waals surface area (Å²) in [4.78, 5) is 28.4. The van der Waals surface area contributed by atoms with E-state index in [0.717, 1.165) is 10.5 Å². The molecule has 1 N–H and O–H groups in total. The Morgan fingerprint density at radius 1 is 1.10 bits per heavy atom. The Labute approximate surface area is 187 Å². The fourth-order valence-electron chi connectivity index (χ4n) is 2.96. The van der Waals surface area contributed by atoms with Gasteiger partial charge in [0.2, 0.25) is 11.8 Å². The molecule has 0 aliphatic carbocycles. The molecule has 0 saturated heterocycles. The van der Waals surface area contributed by atoms with E-state index >= 15 is 0 Å². The zero-order chi connectivity index (χ0) is 21.2. The highest BCUT2D eigenvalue weighted by atomic mass is 35.5. The molecule has 0 fully saturated rings. The number of likely N-dealkylation sites (N-methyl/N-ethyl adjacent to an activating group) is 1. The van der Waals surface area contributed by atoms with Crippen LogP contribution < -0.4 is 5.32 Å². The monoisotopic (exact) mass is 452 g/mol. The van der Waals surface area contributed by atoms with Crippen molar-refractivity contribution in [1.82, 2.24) is 10.2 Å². The molecule has 0 saturated carbocycles. The SMILES string of the molecule is CCNC(=O)C(CC)N(Cc1ccc(Cl)cc1Cl)C(=O)CCSc1ccccc1. The third-order valence-corrected chi connectivity index (χ3v) is 6.02. The maximum Gasteiger partial charge on any atom is 0.242 e. The van der Waals surface area contributed by atoms with Gasteiger partial charge in [-0.05, 0) is 43.2 Å². The van der Waals surface area contributed by atoms with Crippen molar-refractivity contribution < 1.29 is 9.59 Å². The van der Waals surface area contributed by atoms with Crippen LogP contribution in [-0.2, 0) is 16.1 Å². The van der Waals surface area contributed by atoms with E-state index in [1.165, 1.54) is 0 Å². The molecule has 2 rings (SSSR count). The Kier molecular flexibility index (Phi) is 9.85. The van der Waals surface area contributed by atoms with Crippen molar-refractivity contribution in [1.29, 1.82) is 0 Å². The van der Waals surface area contributed by atoms with Gasteiger partial charge in [0.25, 0.3) is 0 Å². The molecule has 0 heterocycles. The van der Waals surface area contributed by atoms with Crippen LogP contribution in [0.5, 0.6) is 0 Å². The zero-order valence-electron chi connectivity index (χ0n) is 16.7. The molecule has 29 heavy (non-hydrogen) atoms. The van der Waals surface area contributed by atoms with Crippen LogP contribution in [0, 0.1) is 0 Å². The number of carbonyl (C=O) groups is 2. The van der Waals surface area contributed by atoms with Crippen LogP contribution in [-0.4, -0.2) is 35.1 Å². The molecule has 0 aromatic heterocycles. The second kappa shape index (κ2) is 12.1. The maximum absolute atomic E-state index is 13.1. The van der Waals surface area contributed by atoms with Gasteiger partial charge in [0.05, 0.1) is 0 Å². The first-order chi connectivity index (χ1) is 14.0. The van der Waals surface area contributed by atoms with Crippen LogP contribution in [0.2, 0.25) is 10.0 Å². The number of thioether (sulfide) groups is 1. The molecule has 0 spiro atoms. The summed E-state index contributed by atoms with van der Waals surface area (Å²) in [6, 6.07) is 14.6. The zero-order valence-corrected chi connectivity index (χ0v) is 19.0. The van der Waals surface area contributed by atoms with Gasteiger partial charge in [0.1, 0.15) is 6.04 Å². The minimum Gasteiger partial charge on any atom is -0.355 e. The summed E-state index contributed by atoms with van der Waals surface area (Å²) >= 11 is 13.9. The number of benzene rings is 2. The van der Waals surface area contributed by atoms with Crippen LogP contribution in [0.15, 0.2) is 53.4 Å². The quantitative estimate of drug-likeness (QED) is 0.489. The van der Waals surface area contributed by atoms with E-state index in [1.54, 1.807) is 34.9 Å². The molecule has 2 aromatic rings. The van der Waals surface area contributed by atoms with Crippen LogP contribution in [0.25, 0.3) is 0 Å². The van der Waals surface area contributed by atoms with Crippen molar-refractivity contribution in [3.8, 4) is 0 Å². The van der Waals surface area contributed by atoms with Crippen molar-refractivity contribution >= 4 is 46.8 Å². The van der Waals surface area contributed by atoms with E-state index < -0.39 is 6.04 Å². The molecular weight excluding hydrogens is 427 g/mol. The highest BCUT2D eigenvalue weighted by molar-refractivity contribution is 7.99. The number of rotatable bonds is 10. The van der Waals surface area contributed by atoms with Gasteiger partial charge < -0.3 is 10.2 Å². The molecule has 0 radical (unpaired) electrons. The largest absolute Gasteiger partial charge is 0.355 e.